The van der Waals surface area contributed by atoms with Gasteiger partial charge in [-0.15, -0.1) is 0 Å². The first-order valence-electron chi connectivity index (χ1n) is 5.61. The predicted molar refractivity (Wildman–Crippen MR) is 79.7 cm³/mol. The molecule has 0 aliphatic rings. The fourth-order valence-corrected chi connectivity index (χ4v) is 3.27. The molecule has 0 atom stereocenters. The van der Waals surface area contributed by atoms with E-state index in [1.165, 1.54) is 0 Å². The molecule has 102 valence electrons. The second-order valence-corrected chi connectivity index (χ2v) is 6.92. The molecule has 18 heavy (non-hydrogen) atoms. The first-order chi connectivity index (χ1) is 8.44. The normalized spacial score (nSPS) is 11.5. The first-order valence-corrected chi connectivity index (χ1v) is 8.43. The molecule has 4 nitrogen and oxygen atoms in total. The minimum Gasteiger partial charge on any atom is -0.317 e. The Labute approximate surface area is 121 Å². The molecular formula is C11H16BrClN2O2S. The lowest BCUT2D eigenvalue weighted by Crippen LogP contribution is -2.22. The maximum atomic E-state index is 11.8. The molecule has 0 spiro atoms. The van der Waals surface area contributed by atoms with Gasteiger partial charge in [0.15, 0.2) is 0 Å². The smallest absolute Gasteiger partial charge is 0.232 e. The molecule has 1 aromatic carbocycles. The molecule has 0 aliphatic heterocycles. The minimum absolute atomic E-state index is 0.0758. The largest absolute Gasteiger partial charge is 0.317 e. The predicted octanol–water partition coefficient (Wildman–Crippen LogP) is 2.84. The van der Waals surface area contributed by atoms with Gasteiger partial charge in [0.2, 0.25) is 10.0 Å². The van der Waals surface area contributed by atoms with Gasteiger partial charge >= 0.3 is 0 Å². The number of hydrogen-bond acceptors (Lipinski definition) is 3. The molecule has 0 radical (unpaired) electrons. The van der Waals surface area contributed by atoms with Crippen LogP contribution in [-0.4, -0.2) is 27.3 Å². The van der Waals surface area contributed by atoms with Crippen molar-refractivity contribution >= 4 is 43.2 Å². The zero-order valence-electron chi connectivity index (χ0n) is 10.0. The van der Waals surface area contributed by atoms with Crippen LogP contribution in [0.5, 0.6) is 0 Å². The van der Waals surface area contributed by atoms with Crippen molar-refractivity contribution in [1.82, 2.24) is 5.32 Å². The Hall–Kier alpha value is -0.300. The van der Waals surface area contributed by atoms with Crippen LogP contribution in [0.2, 0.25) is 5.02 Å². The molecule has 7 heteroatoms. The number of hydrogen-bond donors (Lipinski definition) is 2. The molecule has 0 fully saturated rings. The minimum atomic E-state index is -3.34. The quantitative estimate of drug-likeness (QED) is 0.739. The third-order valence-electron chi connectivity index (χ3n) is 2.21. The number of anilines is 1. The van der Waals surface area contributed by atoms with Crippen molar-refractivity contribution in [2.45, 2.75) is 13.3 Å². The van der Waals surface area contributed by atoms with E-state index >= 15 is 0 Å². The van der Waals surface area contributed by atoms with Gasteiger partial charge in [-0.3, -0.25) is 4.72 Å². The van der Waals surface area contributed by atoms with Crippen LogP contribution in [0.1, 0.15) is 13.3 Å². The molecule has 0 unspecified atom stereocenters. The second-order valence-electron chi connectivity index (χ2n) is 3.75. The molecule has 0 saturated carbocycles. The standard InChI is InChI=1S/C11H16BrClN2O2S/c1-2-14-6-3-7-18(16,17)15-11-5-4-9(12)8-10(11)13/h4-5,8,14-15H,2-3,6-7H2,1H3. The number of benzene rings is 1. The summed E-state index contributed by atoms with van der Waals surface area (Å²) in [5.74, 6) is 0.0758. The van der Waals surface area contributed by atoms with Crippen molar-refractivity contribution in [3.8, 4) is 0 Å². The third-order valence-corrected chi connectivity index (χ3v) is 4.38. The van der Waals surface area contributed by atoms with E-state index in [-0.39, 0.29) is 5.75 Å². The molecule has 0 bridgehead atoms. The van der Waals surface area contributed by atoms with Crippen molar-refractivity contribution in [1.29, 1.82) is 0 Å². The van der Waals surface area contributed by atoms with E-state index in [1.807, 2.05) is 6.92 Å². The van der Waals surface area contributed by atoms with Crippen LogP contribution < -0.4 is 10.0 Å². The Bertz CT molecular complexity index is 494. The van der Waals surface area contributed by atoms with Crippen LogP contribution in [0.4, 0.5) is 5.69 Å². The lowest BCUT2D eigenvalue weighted by atomic mass is 10.3. The summed E-state index contributed by atoms with van der Waals surface area (Å²) in [6.45, 7) is 3.51. The van der Waals surface area contributed by atoms with Gasteiger partial charge in [0, 0.05) is 4.47 Å². The first kappa shape index (κ1) is 15.8. The van der Waals surface area contributed by atoms with E-state index < -0.39 is 10.0 Å². The Morgan fingerprint density at radius 2 is 2.11 bits per heavy atom. The number of halogens is 2. The fraction of sp³-hybridized carbons (Fsp3) is 0.455. The van der Waals surface area contributed by atoms with E-state index in [4.69, 9.17) is 11.6 Å². The number of sulfonamides is 1. The van der Waals surface area contributed by atoms with Gasteiger partial charge in [-0.1, -0.05) is 34.5 Å². The average molecular weight is 356 g/mol. The zero-order chi connectivity index (χ0) is 13.6. The Morgan fingerprint density at radius 3 is 2.72 bits per heavy atom. The van der Waals surface area contributed by atoms with E-state index in [1.54, 1.807) is 18.2 Å². The summed E-state index contributed by atoms with van der Waals surface area (Å²) in [6, 6.07) is 5.02. The van der Waals surface area contributed by atoms with Crippen molar-refractivity contribution in [2.75, 3.05) is 23.6 Å². The van der Waals surface area contributed by atoms with Crippen molar-refractivity contribution in [3.63, 3.8) is 0 Å². The molecule has 0 aromatic heterocycles. The van der Waals surface area contributed by atoms with Gasteiger partial charge in [-0.25, -0.2) is 8.42 Å². The fourth-order valence-electron chi connectivity index (χ4n) is 1.35. The summed E-state index contributed by atoms with van der Waals surface area (Å²) < 4.78 is 26.9. The van der Waals surface area contributed by atoms with Gasteiger partial charge in [-0.2, -0.15) is 0 Å². The van der Waals surface area contributed by atoms with Gasteiger partial charge in [0.25, 0.3) is 0 Å². The van der Waals surface area contributed by atoms with Gasteiger partial charge in [0.05, 0.1) is 16.5 Å². The van der Waals surface area contributed by atoms with E-state index in [0.29, 0.717) is 23.7 Å². The monoisotopic (exact) mass is 354 g/mol. The molecule has 1 rings (SSSR count). The molecular weight excluding hydrogens is 340 g/mol. The summed E-state index contributed by atoms with van der Waals surface area (Å²) >= 11 is 9.22. The van der Waals surface area contributed by atoms with Crippen LogP contribution in [0.15, 0.2) is 22.7 Å². The topological polar surface area (TPSA) is 58.2 Å². The van der Waals surface area contributed by atoms with Crippen molar-refractivity contribution in [3.05, 3.63) is 27.7 Å². The Kier molecular flexibility index (Phi) is 6.42. The SMILES string of the molecule is CCNCCCS(=O)(=O)Nc1ccc(Br)cc1Cl. The van der Waals surface area contributed by atoms with Crippen molar-refractivity contribution < 1.29 is 8.42 Å². The molecule has 1 aromatic rings. The summed E-state index contributed by atoms with van der Waals surface area (Å²) in [7, 11) is -3.34. The van der Waals surface area contributed by atoms with Crippen LogP contribution in [0.3, 0.4) is 0 Å². The molecule has 0 amide bonds. The molecule has 0 saturated heterocycles. The molecule has 2 N–H and O–H groups in total. The summed E-state index contributed by atoms with van der Waals surface area (Å²) in [5.41, 5.74) is 0.406. The van der Waals surface area contributed by atoms with Gasteiger partial charge < -0.3 is 5.32 Å². The Morgan fingerprint density at radius 1 is 1.39 bits per heavy atom. The third kappa shape index (κ3) is 5.56. The summed E-state index contributed by atoms with van der Waals surface area (Å²) in [5, 5.41) is 3.45. The zero-order valence-corrected chi connectivity index (χ0v) is 13.2. The highest BCUT2D eigenvalue weighted by atomic mass is 79.9. The highest BCUT2D eigenvalue weighted by molar-refractivity contribution is 9.10. The number of rotatable bonds is 7. The summed E-state index contributed by atoms with van der Waals surface area (Å²) in [6.07, 6.45) is 0.567. The average Bonchev–Trinajstić information content (AvgIpc) is 2.28. The maximum Gasteiger partial charge on any atom is 0.232 e. The number of nitrogens with one attached hydrogen (secondary N) is 2. The maximum absolute atomic E-state index is 11.8. The van der Waals surface area contributed by atoms with Gasteiger partial charge in [0.1, 0.15) is 0 Å². The lowest BCUT2D eigenvalue weighted by Gasteiger charge is -2.09. The highest BCUT2D eigenvalue weighted by Gasteiger charge is 2.12. The highest BCUT2D eigenvalue weighted by Crippen LogP contribution is 2.26. The van der Waals surface area contributed by atoms with Crippen LogP contribution >= 0.6 is 27.5 Å². The second kappa shape index (κ2) is 7.33. The molecule has 0 aliphatic carbocycles. The van der Waals surface area contributed by atoms with E-state index in [9.17, 15) is 8.42 Å². The van der Waals surface area contributed by atoms with Crippen molar-refractivity contribution in [2.24, 2.45) is 0 Å². The van der Waals surface area contributed by atoms with E-state index in [2.05, 4.69) is 26.0 Å². The molecule has 0 heterocycles. The lowest BCUT2D eigenvalue weighted by molar-refractivity contribution is 0.595. The Balaban J connectivity index is 2.59. The van der Waals surface area contributed by atoms with Crippen LogP contribution in [0.25, 0.3) is 0 Å². The van der Waals surface area contributed by atoms with Crippen LogP contribution in [0, 0.1) is 0 Å². The van der Waals surface area contributed by atoms with E-state index in [0.717, 1.165) is 11.0 Å². The van der Waals surface area contributed by atoms with Crippen LogP contribution in [-0.2, 0) is 10.0 Å². The summed E-state index contributed by atoms with van der Waals surface area (Å²) in [4.78, 5) is 0. The van der Waals surface area contributed by atoms with Gasteiger partial charge in [-0.05, 0) is 37.7 Å².